The summed E-state index contributed by atoms with van der Waals surface area (Å²) in [6, 6.07) is 5.07. The number of carboxylic acids is 1. The molecule has 2 rings (SSSR count). The molecule has 1 heterocycles. The zero-order valence-corrected chi connectivity index (χ0v) is 15.8. The van der Waals surface area contributed by atoms with Crippen LogP contribution in [0, 0.1) is 0 Å². The molecule has 1 aliphatic rings. The van der Waals surface area contributed by atoms with E-state index in [1.165, 1.54) is 18.9 Å². The number of methoxy groups -OCH3 is 1. The number of amides is 1. The lowest BCUT2D eigenvalue weighted by Gasteiger charge is -2.16. The van der Waals surface area contributed by atoms with Crippen molar-refractivity contribution in [2.24, 2.45) is 0 Å². The van der Waals surface area contributed by atoms with Crippen LogP contribution in [0.3, 0.4) is 0 Å². The number of hydrogen-bond donors (Lipinski definition) is 1. The molecule has 1 aliphatic heterocycles. The first kappa shape index (κ1) is 19.3. The number of nitrogens with zero attached hydrogens (tertiary/aromatic N) is 1. The normalized spacial score (nSPS) is 17.1. The average Bonchev–Trinajstić information content (AvgIpc) is 2.86. The van der Waals surface area contributed by atoms with Gasteiger partial charge in [-0.25, -0.2) is 4.79 Å². The van der Waals surface area contributed by atoms with E-state index < -0.39 is 12.1 Å². The molecule has 1 fully saturated rings. The Kier molecular flexibility index (Phi) is 6.44. The maximum Gasteiger partial charge on any atom is 0.344 e. The predicted octanol–water partition coefficient (Wildman–Crippen LogP) is 3.16. The van der Waals surface area contributed by atoms with E-state index >= 15 is 0 Å². The predicted molar refractivity (Wildman–Crippen MR) is 101 cm³/mol. The van der Waals surface area contributed by atoms with Crippen LogP contribution < -0.4 is 9.47 Å². The molecular formula is C17H19NO5S2. The molecule has 0 aliphatic carbocycles. The number of aliphatic carboxylic acids is 1. The minimum absolute atomic E-state index is 0.117. The molecule has 1 unspecified atom stereocenters. The van der Waals surface area contributed by atoms with Crippen molar-refractivity contribution in [2.45, 2.75) is 26.4 Å². The summed E-state index contributed by atoms with van der Waals surface area (Å²) in [5.74, 6) is -0.403. The molecule has 1 N–H and O–H groups in total. The Morgan fingerprint density at radius 2 is 2.12 bits per heavy atom. The van der Waals surface area contributed by atoms with Gasteiger partial charge in [-0.15, -0.1) is 0 Å². The summed E-state index contributed by atoms with van der Waals surface area (Å²) >= 11 is 6.45. The minimum Gasteiger partial charge on any atom is -0.493 e. The van der Waals surface area contributed by atoms with E-state index in [4.69, 9.17) is 26.8 Å². The molecule has 1 saturated heterocycles. The Labute approximate surface area is 155 Å². The number of thiocarbonyl (C=S) groups is 1. The van der Waals surface area contributed by atoms with Crippen molar-refractivity contribution >= 4 is 46.3 Å². The van der Waals surface area contributed by atoms with Crippen molar-refractivity contribution in [3.05, 3.63) is 28.7 Å². The molecule has 0 bridgehead atoms. The van der Waals surface area contributed by atoms with Gasteiger partial charge < -0.3 is 14.6 Å². The van der Waals surface area contributed by atoms with Gasteiger partial charge in [0, 0.05) is 6.54 Å². The maximum atomic E-state index is 12.3. The molecule has 1 aromatic rings. The number of ether oxygens (including phenoxy) is 2. The highest BCUT2D eigenvalue weighted by atomic mass is 32.2. The molecule has 1 aromatic carbocycles. The molecule has 6 nitrogen and oxygen atoms in total. The van der Waals surface area contributed by atoms with Gasteiger partial charge in [0.05, 0.1) is 12.0 Å². The topological polar surface area (TPSA) is 76.1 Å². The van der Waals surface area contributed by atoms with Gasteiger partial charge in [-0.1, -0.05) is 37.0 Å². The molecular weight excluding hydrogens is 362 g/mol. The van der Waals surface area contributed by atoms with Crippen molar-refractivity contribution in [3.63, 3.8) is 0 Å². The van der Waals surface area contributed by atoms with Crippen molar-refractivity contribution in [1.29, 1.82) is 0 Å². The number of hydrogen-bond acceptors (Lipinski definition) is 6. The number of carbonyl (C=O) groups excluding carboxylic acids is 1. The summed E-state index contributed by atoms with van der Waals surface area (Å²) in [5.41, 5.74) is 0.740. The molecule has 1 atom stereocenters. The maximum absolute atomic E-state index is 12.3. The zero-order valence-electron chi connectivity index (χ0n) is 14.1. The monoisotopic (exact) mass is 381 g/mol. The van der Waals surface area contributed by atoms with Crippen LogP contribution in [-0.4, -0.2) is 46.0 Å². The molecule has 0 aromatic heterocycles. The van der Waals surface area contributed by atoms with E-state index in [1.807, 2.05) is 6.92 Å². The molecule has 134 valence electrons. The number of carboxylic acid groups (broad SMARTS) is 1. The summed E-state index contributed by atoms with van der Waals surface area (Å²) in [7, 11) is 1.48. The van der Waals surface area contributed by atoms with E-state index in [0.29, 0.717) is 33.7 Å². The van der Waals surface area contributed by atoms with Crippen LogP contribution in [-0.2, 0) is 9.59 Å². The summed E-state index contributed by atoms with van der Waals surface area (Å²) in [6.45, 7) is 4.14. The lowest BCUT2D eigenvalue weighted by molar-refractivity contribution is -0.145. The quantitative estimate of drug-likeness (QED) is 0.574. The van der Waals surface area contributed by atoms with Crippen LogP contribution in [0.1, 0.15) is 25.8 Å². The lowest BCUT2D eigenvalue weighted by Crippen LogP contribution is -2.27. The van der Waals surface area contributed by atoms with Gasteiger partial charge in [0.2, 0.25) is 0 Å². The van der Waals surface area contributed by atoms with Crippen LogP contribution >= 0.6 is 24.0 Å². The first-order valence-electron chi connectivity index (χ1n) is 7.74. The Morgan fingerprint density at radius 1 is 1.40 bits per heavy atom. The fourth-order valence-electron chi connectivity index (χ4n) is 2.26. The number of thioether (sulfide) groups is 1. The molecule has 1 amide bonds. The molecule has 0 spiro atoms. The van der Waals surface area contributed by atoms with Gasteiger partial charge in [0.25, 0.3) is 5.91 Å². The molecule has 0 saturated carbocycles. The van der Waals surface area contributed by atoms with E-state index in [9.17, 15) is 9.59 Å². The average molecular weight is 381 g/mol. The molecule has 0 radical (unpaired) electrons. The van der Waals surface area contributed by atoms with Gasteiger partial charge in [-0.05, 0) is 37.1 Å². The van der Waals surface area contributed by atoms with Gasteiger partial charge in [-0.2, -0.15) is 0 Å². The van der Waals surface area contributed by atoms with E-state index in [1.54, 1.807) is 36.1 Å². The third kappa shape index (κ3) is 4.32. The van der Waals surface area contributed by atoms with Gasteiger partial charge in [-0.3, -0.25) is 9.69 Å². The minimum atomic E-state index is -1.03. The van der Waals surface area contributed by atoms with Gasteiger partial charge in [0.15, 0.2) is 17.6 Å². The molecule has 8 heteroatoms. The standard InChI is InChI=1S/C17H19NO5S2/c1-4-11(16(20)21)23-12-7-6-10(8-13(12)22-3)9-14-15(19)18(5-2)17(24)25-14/h6-9,11H,4-5H2,1-3H3,(H,20,21)/b14-9+. The van der Waals surface area contributed by atoms with E-state index in [0.717, 1.165) is 5.56 Å². The number of rotatable bonds is 7. The largest absolute Gasteiger partial charge is 0.493 e. The second-order valence-corrected chi connectivity index (χ2v) is 6.87. The third-order valence-corrected chi connectivity index (χ3v) is 4.97. The van der Waals surface area contributed by atoms with Crippen molar-refractivity contribution in [3.8, 4) is 11.5 Å². The van der Waals surface area contributed by atoms with Crippen LogP contribution in [0.4, 0.5) is 0 Å². The second-order valence-electron chi connectivity index (χ2n) is 5.19. The lowest BCUT2D eigenvalue weighted by atomic mass is 10.1. The van der Waals surface area contributed by atoms with Gasteiger partial charge >= 0.3 is 5.97 Å². The Morgan fingerprint density at radius 3 is 2.64 bits per heavy atom. The van der Waals surface area contributed by atoms with E-state index in [2.05, 4.69) is 0 Å². The van der Waals surface area contributed by atoms with Crippen molar-refractivity contribution in [1.82, 2.24) is 4.90 Å². The van der Waals surface area contributed by atoms with Crippen LogP contribution in [0.5, 0.6) is 11.5 Å². The van der Waals surface area contributed by atoms with E-state index in [-0.39, 0.29) is 5.91 Å². The zero-order chi connectivity index (χ0) is 18.6. The van der Waals surface area contributed by atoms with Crippen LogP contribution in [0.25, 0.3) is 6.08 Å². The first-order valence-corrected chi connectivity index (χ1v) is 8.96. The smallest absolute Gasteiger partial charge is 0.344 e. The first-order chi connectivity index (χ1) is 11.9. The second kappa shape index (κ2) is 8.35. The summed E-state index contributed by atoms with van der Waals surface area (Å²) < 4.78 is 11.3. The summed E-state index contributed by atoms with van der Waals surface area (Å²) in [4.78, 5) is 25.5. The number of carbonyl (C=O) groups is 2. The fraction of sp³-hybridized carbons (Fsp3) is 0.353. The highest BCUT2D eigenvalue weighted by Gasteiger charge is 2.30. The Hall–Kier alpha value is -2.06. The Bertz CT molecular complexity index is 732. The van der Waals surface area contributed by atoms with Crippen molar-refractivity contribution < 1.29 is 24.2 Å². The van der Waals surface area contributed by atoms with Crippen LogP contribution in [0.2, 0.25) is 0 Å². The fourth-order valence-corrected chi connectivity index (χ4v) is 3.64. The molecule has 25 heavy (non-hydrogen) atoms. The SMILES string of the molecule is CCC(Oc1ccc(/C=C2/SC(=S)N(CC)C2=O)cc1OC)C(=O)O. The highest BCUT2D eigenvalue weighted by molar-refractivity contribution is 8.26. The van der Waals surface area contributed by atoms with Gasteiger partial charge in [0.1, 0.15) is 4.32 Å². The summed E-state index contributed by atoms with van der Waals surface area (Å²) in [5, 5.41) is 9.11. The highest BCUT2D eigenvalue weighted by Crippen LogP contribution is 2.35. The Balaban J connectivity index is 2.27. The summed E-state index contributed by atoms with van der Waals surface area (Å²) in [6.07, 6.45) is 1.12. The van der Waals surface area contributed by atoms with Crippen LogP contribution in [0.15, 0.2) is 23.1 Å². The number of likely N-dealkylation sites (N-methyl/N-ethyl adjacent to an activating group) is 1. The third-order valence-electron chi connectivity index (χ3n) is 3.59. The number of benzene rings is 1. The van der Waals surface area contributed by atoms with Crippen molar-refractivity contribution in [2.75, 3.05) is 13.7 Å².